The summed E-state index contributed by atoms with van der Waals surface area (Å²) in [5, 5.41) is 2.99. The van der Waals surface area contributed by atoms with E-state index in [1.165, 1.54) is 7.11 Å². The lowest BCUT2D eigenvalue weighted by Gasteiger charge is -2.33. The van der Waals surface area contributed by atoms with Crippen LogP contribution >= 0.6 is 0 Å². The summed E-state index contributed by atoms with van der Waals surface area (Å²) in [5.41, 5.74) is 5.76. The topological polar surface area (TPSA) is 120 Å². The lowest BCUT2D eigenvalue weighted by molar-refractivity contribution is -0.139. The van der Waals surface area contributed by atoms with Crippen molar-refractivity contribution in [3.63, 3.8) is 0 Å². The van der Waals surface area contributed by atoms with E-state index in [0.29, 0.717) is 24.5 Å². The number of methoxy groups -OCH3 is 1. The highest BCUT2D eigenvalue weighted by atomic mass is 19.4. The second kappa shape index (κ2) is 13.5. The van der Waals surface area contributed by atoms with Gasteiger partial charge < -0.3 is 25.4 Å². The molecule has 2 heterocycles. The second-order valence-electron chi connectivity index (χ2n) is 11.9. The van der Waals surface area contributed by atoms with Crippen LogP contribution < -0.4 is 15.8 Å². The number of rotatable bonds is 9. The molecular weight excluding hydrogens is 575 g/mol. The molecule has 1 unspecified atom stereocenters. The van der Waals surface area contributed by atoms with Crippen molar-refractivity contribution in [2.24, 2.45) is 5.73 Å². The molecule has 12 heteroatoms. The Labute approximate surface area is 255 Å². The minimum Gasteiger partial charge on any atom is -0.495 e. The van der Waals surface area contributed by atoms with Gasteiger partial charge in [-0.1, -0.05) is 36.4 Å². The standard InChI is InChI=1S/C32H38F3N5O4/c1-31(2,3)44-30(42)40-14-12-21(13-15-40)22-10-11-25(26(17-22)43-4)38-29-37-19-24(32(33,34)35)28(39-29)23(18-27(36)41)16-20-8-6-5-7-9-20/h5-11,17,19,21,23H,12-16,18H2,1-4H3,(H2,36,41)(H,37,38,39). The summed E-state index contributed by atoms with van der Waals surface area (Å²) in [7, 11) is 1.50. The monoisotopic (exact) mass is 613 g/mol. The van der Waals surface area contributed by atoms with E-state index in [4.69, 9.17) is 15.2 Å². The maximum Gasteiger partial charge on any atom is 0.419 e. The molecule has 0 aliphatic carbocycles. The molecule has 9 nitrogen and oxygen atoms in total. The highest BCUT2D eigenvalue weighted by Crippen LogP contribution is 2.38. The number of piperidine rings is 1. The van der Waals surface area contributed by atoms with Crippen molar-refractivity contribution in [3.05, 3.63) is 77.1 Å². The smallest absolute Gasteiger partial charge is 0.419 e. The summed E-state index contributed by atoms with van der Waals surface area (Å²) >= 11 is 0. The molecule has 4 rings (SSSR count). The van der Waals surface area contributed by atoms with E-state index in [0.717, 1.165) is 30.2 Å². The van der Waals surface area contributed by atoms with Gasteiger partial charge in [-0.15, -0.1) is 0 Å². The van der Waals surface area contributed by atoms with Gasteiger partial charge in [0.25, 0.3) is 0 Å². The Morgan fingerprint density at radius 3 is 2.36 bits per heavy atom. The molecule has 2 aromatic carbocycles. The van der Waals surface area contributed by atoms with Gasteiger partial charge in [0.15, 0.2) is 0 Å². The van der Waals surface area contributed by atoms with Crippen molar-refractivity contribution in [1.82, 2.24) is 14.9 Å². The number of benzene rings is 2. The van der Waals surface area contributed by atoms with Crippen LogP contribution in [0.15, 0.2) is 54.7 Å². The molecule has 1 aromatic heterocycles. The average Bonchev–Trinajstić information content (AvgIpc) is 2.96. The molecule has 1 aliphatic heterocycles. The molecular formula is C32H38F3N5O4. The zero-order chi connectivity index (χ0) is 32.1. The van der Waals surface area contributed by atoms with Crippen LogP contribution in [0.2, 0.25) is 0 Å². The Balaban J connectivity index is 1.56. The van der Waals surface area contributed by atoms with E-state index >= 15 is 0 Å². The van der Waals surface area contributed by atoms with Gasteiger partial charge in [0.1, 0.15) is 11.4 Å². The number of aromatic nitrogens is 2. The number of hydrogen-bond donors (Lipinski definition) is 2. The van der Waals surface area contributed by atoms with E-state index in [9.17, 15) is 22.8 Å². The number of alkyl halides is 3. The molecule has 236 valence electrons. The first-order valence-electron chi connectivity index (χ1n) is 14.4. The molecule has 2 amide bonds. The van der Waals surface area contributed by atoms with Crippen LogP contribution in [-0.4, -0.2) is 52.7 Å². The molecule has 44 heavy (non-hydrogen) atoms. The van der Waals surface area contributed by atoms with Crippen LogP contribution in [0.1, 0.15) is 74.3 Å². The first kappa shape index (κ1) is 32.6. The Bertz CT molecular complexity index is 1450. The first-order chi connectivity index (χ1) is 20.7. The summed E-state index contributed by atoms with van der Waals surface area (Å²) in [6.45, 7) is 6.61. The SMILES string of the molecule is COc1cc(C2CCN(C(=O)OC(C)(C)C)CC2)ccc1Nc1ncc(C(F)(F)F)c(C(CC(N)=O)Cc2ccccc2)n1. The number of primary amides is 1. The van der Waals surface area contributed by atoms with Crippen LogP contribution in [-0.2, 0) is 22.1 Å². The van der Waals surface area contributed by atoms with Crippen LogP contribution in [0.5, 0.6) is 5.75 Å². The normalized spacial score (nSPS) is 15.0. The number of nitrogens with two attached hydrogens (primary N) is 1. The van der Waals surface area contributed by atoms with E-state index in [2.05, 4.69) is 15.3 Å². The number of halogens is 3. The van der Waals surface area contributed by atoms with E-state index < -0.39 is 29.2 Å². The van der Waals surface area contributed by atoms with Crippen molar-refractivity contribution in [3.8, 4) is 5.75 Å². The minimum absolute atomic E-state index is 0.0766. The largest absolute Gasteiger partial charge is 0.495 e. The fraction of sp³-hybridized carbons (Fsp3) is 0.438. The summed E-state index contributed by atoms with van der Waals surface area (Å²) in [6.07, 6.45) is -3.05. The third kappa shape index (κ3) is 8.61. The molecule has 1 aliphatic rings. The van der Waals surface area contributed by atoms with Crippen molar-refractivity contribution < 1.29 is 32.2 Å². The number of carbonyl (C=O) groups excluding carboxylic acids is 2. The third-order valence-corrected chi connectivity index (χ3v) is 7.37. The van der Waals surface area contributed by atoms with Crippen molar-refractivity contribution in [2.45, 2.75) is 70.1 Å². The lowest BCUT2D eigenvalue weighted by atomic mass is 9.89. The maximum absolute atomic E-state index is 14.1. The number of nitrogens with zero attached hydrogens (tertiary/aromatic N) is 3. The zero-order valence-electron chi connectivity index (χ0n) is 25.3. The highest BCUT2D eigenvalue weighted by Gasteiger charge is 2.38. The zero-order valence-corrected chi connectivity index (χ0v) is 25.3. The number of anilines is 2. The molecule has 3 N–H and O–H groups in total. The molecule has 0 bridgehead atoms. The highest BCUT2D eigenvalue weighted by molar-refractivity contribution is 5.75. The lowest BCUT2D eigenvalue weighted by Crippen LogP contribution is -2.41. The molecule has 1 saturated heterocycles. The van der Waals surface area contributed by atoms with Crippen LogP contribution in [0.25, 0.3) is 0 Å². The van der Waals surface area contributed by atoms with E-state index in [1.54, 1.807) is 41.3 Å². The molecule has 3 aromatic rings. The molecule has 1 fully saturated rings. The molecule has 0 saturated carbocycles. The van der Waals surface area contributed by atoms with Gasteiger partial charge in [0.05, 0.1) is 24.1 Å². The van der Waals surface area contributed by atoms with Gasteiger partial charge in [-0.2, -0.15) is 13.2 Å². The van der Waals surface area contributed by atoms with Gasteiger partial charge in [0.2, 0.25) is 11.9 Å². The molecule has 1 atom stereocenters. The van der Waals surface area contributed by atoms with Crippen molar-refractivity contribution in [1.29, 1.82) is 0 Å². The van der Waals surface area contributed by atoms with Gasteiger partial charge in [-0.3, -0.25) is 4.79 Å². The summed E-state index contributed by atoms with van der Waals surface area (Å²) < 4.78 is 53.3. The van der Waals surface area contributed by atoms with Crippen molar-refractivity contribution >= 4 is 23.6 Å². The quantitative estimate of drug-likeness (QED) is 0.280. The van der Waals surface area contributed by atoms with Gasteiger partial charge in [-0.25, -0.2) is 14.8 Å². The number of nitrogens with one attached hydrogen (secondary N) is 1. The second-order valence-corrected chi connectivity index (χ2v) is 11.9. The predicted octanol–water partition coefficient (Wildman–Crippen LogP) is 6.56. The number of likely N-dealkylation sites (tertiary alicyclic amines) is 1. The van der Waals surface area contributed by atoms with Gasteiger partial charge >= 0.3 is 12.3 Å². The maximum atomic E-state index is 14.1. The predicted molar refractivity (Wildman–Crippen MR) is 160 cm³/mol. The summed E-state index contributed by atoms with van der Waals surface area (Å²) in [5.74, 6) is -1.10. The average molecular weight is 614 g/mol. The number of amides is 2. The van der Waals surface area contributed by atoms with Crippen LogP contribution in [0, 0.1) is 0 Å². The van der Waals surface area contributed by atoms with Crippen molar-refractivity contribution in [2.75, 3.05) is 25.5 Å². The molecule has 0 radical (unpaired) electrons. The number of carbonyl (C=O) groups is 2. The first-order valence-corrected chi connectivity index (χ1v) is 14.4. The minimum atomic E-state index is -4.74. The summed E-state index contributed by atoms with van der Waals surface area (Å²) in [4.78, 5) is 34.3. The van der Waals surface area contributed by atoms with Gasteiger partial charge in [-0.05, 0) is 69.2 Å². The van der Waals surface area contributed by atoms with E-state index in [1.807, 2.05) is 32.9 Å². The number of hydrogen-bond acceptors (Lipinski definition) is 7. The number of ether oxygens (including phenoxy) is 2. The Morgan fingerprint density at radius 1 is 1.09 bits per heavy atom. The Morgan fingerprint density at radius 2 is 1.77 bits per heavy atom. The summed E-state index contributed by atoms with van der Waals surface area (Å²) in [6, 6.07) is 14.4. The molecule has 0 spiro atoms. The third-order valence-electron chi connectivity index (χ3n) is 7.37. The Kier molecular flexibility index (Phi) is 10.0. The van der Waals surface area contributed by atoms with Gasteiger partial charge in [0, 0.05) is 31.6 Å². The fourth-order valence-corrected chi connectivity index (χ4v) is 5.30. The van der Waals surface area contributed by atoms with Crippen LogP contribution in [0.4, 0.5) is 29.6 Å². The van der Waals surface area contributed by atoms with Crippen LogP contribution in [0.3, 0.4) is 0 Å². The van der Waals surface area contributed by atoms with E-state index in [-0.39, 0.29) is 36.5 Å². The fourth-order valence-electron chi connectivity index (χ4n) is 5.30. The Hall–Kier alpha value is -4.35.